The number of amides is 1. The van der Waals surface area contributed by atoms with E-state index in [0.717, 1.165) is 16.8 Å². The molecule has 2 aromatic heterocycles. The molecule has 0 unspecified atom stereocenters. The third-order valence-electron chi connectivity index (χ3n) is 5.39. The molecule has 0 saturated carbocycles. The number of hydrogen-bond donors (Lipinski definition) is 0. The number of aromatic nitrogens is 3. The van der Waals surface area contributed by atoms with Crippen LogP contribution < -0.4 is 10.5 Å². The van der Waals surface area contributed by atoms with Crippen LogP contribution in [0.1, 0.15) is 58.8 Å². The zero-order valence-electron chi connectivity index (χ0n) is 17.1. The summed E-state index contributed by atoms with van der Waals surface area (Å²) in [4.78, 5) is 27.6. The molecule has 0 N–H and O–H groups in total. The van der Waals surface area contributed by atoms with Gasteiger partial charge in [0.15, 0.2) is 0 Å². The van der Waals surface area contributed by atoms with Gasteiger partial charge in [0.2, 0.25) is 0 Å². The zero-order chi connectivity index (χ0) is 21.0. The van der Waals surface area contributed by atoms with Crippen LogP contribution in [0.3, 0.4) is 0 Å². The molecule has 1 aliphatic rings. The number of pyridine rings is 1. The van der Waals surface area contributed by atoms with Gasteiger partial charge in [-0.25, -0.2) is 0 Å². The minimum Gasteiger partial charge on any atom is -0.316 e. The summed E-state index contributed by atoms with van der Waals surface area (Å²) in [5, 5.41) is 5.28. The van der Waals surface area contributed by atoms with E-state index in [9.17, 15) is 9.59 Å². The van der Waals surface area contributed by atoms with Crippen LogP contribution in [0, 0.1) is 13.8 Å². The van der Waals surface area contributed by atoms with Crippen molar-refractivity contribution in [3.05, 3.63) is 80.0 Å². The Morgan fingerprint density at radius 1 is 1.10 bits per heavy atom. The Bertz CT molecular complexity index is 1150. The summed E-state index contributed by atoms with van der Waals surface area (Å²) in [6, 6.07) is 9.01. The van der Waals surface area contributed by atoms with Crippen molar-refractivity contribution in [1.29, 1.82) is 0 Å². The number of carbonyl (C=O) groups is 1. The predicted octanol–water partition coefficient (Wildman–Crippen LogP) is 4.18. The molecule has 1 aliphatic heterocycles. The summed E-state index contributed by atoms with van der Waals surface area (Å²) in [6.45, 7) is 7.72. The van der Waals surface area contributed by atoms with Crippen molar-refractivity contribution in [2.24, 2.45) is 7.05 Å². The van der Waals surface area contributed by atoms with Crippen molar-refractivity contribution in [2.75, 3.05) is 4.90 Å². The molecule has 4 rings (SSSR count). The number of rotatable bonds is 3. The molecule has 3 heterocycles. The Morgan fingerprint density at radius 3 is 2.34 bits per heavy atom. The molecule has 7 heteroatoms. The predicted molar refractivity (Wildman–Crippen MR) is 114 cm³/mol. The molecule has 0 spiro atoms. The van der Waals surface area contributed by atoms with Crippen molar-refractivity contribution in [1.82, 2.24) is 14.3 Å². The molecule has 0 aliphatic carbocycles. The maximum absolute atomic E-state index is 13.6. The van der Waals surface area contributed by atoms with Gasteiger partial charge in [0, 0.05) is 35.4 Å². The smallest absolute Gasteiger partial charge is 0.277 e. The van der Waals surface area contributed by atoms with Gasteiger partial charge in [0.05, 0.1) is 17.4 Å². The molecule has 0 fully saturated rings. The third kappa shape index (κ3) is 2.99. The standard InChI is InChI=1S/C22H23ClN4O2/c1-12(2)27-20-18(14(4)24-27)19(15-6-8-16(23)9-7-15)26(22(20)29)17-10-13(3)21(28)25(5)11-17/h6-12,19H,1-5H3/t19-/m1/s1. The second-order valence-electron chi connectivity index (χ2n) is 7.81. The topological polar surface area (TPSA) is 60.1 Å². The molecular weight excluding hydrogens is 388 g/mol. The van der Waals surface area contributed by atoms with Gasteiger partial charge in [-0.1, -0.05) is 23.7 Å². The molecule has 29 heavy (non-hydrogen) atoms. The number of anilines is 1. The summed E-state index contributed by atoms with van der Waals surface area (Å²) >= 11 is 6.10. The van der Waals surface area contributed by atoms with Crippen LogP contribution in [0.4, 0.5) is 5.69 Å². The van der Waals surface area contributed by atoms with E-state index in [4.69, 9.17) is 11.6 Å². The monoisotopic (exact) mass is 410 g/mol. The van der Waals surface area contributed by atoms with Crippen molar-refractivity contribution in [2.45, 2.75) is 39.8 Å². The number of fused-ring (bicyclic) bond motifs is 1. The van der Waals surface area contributed by atoms with E-state index in [2.05, 4.69) is 5.10 Å². The van der Waals surface area contributed by atoms with Crippen molar-refractivity contribution in [3.63, 3.8) is 0 Å². The Labute approximate surface area is 174 Å². The van der Waals surface area contributed by atoms with E-state index in [1.807, 2.05) is 45.0 Å². The van der Waals surface area contributed by atoms with Crippen molar-refractivity contribution < 1.29 is 4.79 Å². The first-order valence-electron chi connectivity index (χ1n) is 9.56. The zero-order valence-corrected chi connectivity index (χ0v) is 17.9. The van der Waals surface area contributed by atoms with Crippen LogP contribution in [-0.4, -0.2) is 20.3 Å². The van der Waals surface area contributed by atoms with Gasteiger partial charge in [-0.15, -0.1) is 0 Å². The number of hydrogen-bond acceptors (Lipinski definition) is 3. The number of benzene rings is 1. The van der Waals surface area contributed by atoms with E-state index in [1.165, 1.54) is 4.57 Å². The van der Waals surface area contributed by atoms with E-state index < -0.39 is 0 Å². The van der Waals surface area contributed by atoms with Gasteiger partial charge in [-0.3, -0.25) is 19.2 Å². The van der Waals surface area contributed by atoms with Gasteiger partial charge in [0.25, 0.3) is 11.5 Å². The highest BCUT2D eigenvalue weighted by molar-refractivity contribution is 6.30. The minimum atomic E-state index is -0.334. The second kappa shape index (κ2) is 6.88. The lowest BCUT2D eigenvalue weighted by atomic mass is 9.99. The van der Waals surface area contributed by atoms with Crippen LogP contribution in [-0.2, 0) is 7.05 Å². The van der Waals surface area contributed by atoms with E-state index in [1.54, 1.807) is 35.8 Å². The summed E-state index contributed by atoms with van der Waals surface area (Å²) in [5.74, 6) is -0.118. The summed E-state index contributed by atoms with van der Waals surface area (Å²) < 4.78 is 3.31. The molecule has 1 amide bonds. The highest BCUT2D eigenvalue weighted by Crippen LogP contribution is 2.43. The van der Waals surface area contributed by atoms with E-state index in [-0.39, 0.29) is 23.6 Å². The maximum Gasteiger partial charge on any atom is 0.277 e. The fourth-order valence-electron chi connectivity index (χ4n) is 4.05. The number of halogens is 1. The lowest BCUT2D eigenvalue weighted by Gasteiger charge is -2.27. The van der Waals surface area contributed by atoms with Crippen LogP contribution in [0.15, 0.2) is 41.3 Å². The quantitative estimate of drug-likeness (QED) is 0.650. The molecule has 0 bridgehead atoms. The molecule has 150 valence electrons. The second-order valence-corrected chi connectivity index (χ2v) is 8.25. The molecule has 1 atom stereocenters. The number of carbonyl (C=O) groups excluding carboxylic acids is 1. The Hall–Kier alpha value is -2.86. The molecule has 3 aromatic rings. The van der Waals surface area contributed by atoms with E-state index >= 15 is 0 Å². The number of aryl methyl sites for hydroxylation is 3. The molecule has 1 aromatic carbocycles. The first-order valence-corrected chi connectivity index (χ1v) is 9.93. The largest absolute Gasteiger partial charge is 0.316 e. The van der Waals surface area contributed by atoms with Gasteiger partial charge in [-0.2, -0.15) is 5.10 Å². The van der Waals surface area contributed by atoms with Crippen LogP contribution in [0.25, 0.3) is 0 Å². The van der Waals surface area contributed by atoms with Crippen LogP contribution >= 0.6 is 11.6 Å². The van der Waals surface area contributed by atoms with Crippen molar-refractivity contribution in [3.8, 4) is 0 Å². The lowest BCUT2D eigenvalue weighted by Crippen LogP contribution is -2.32. The van der Waals surface area contributed by atoms with Crippen LogP contribution in [0.2, 0.25) is 5.02 Å². The first-order chi connectivity index (χ1) is 13.7. The van der Waals surface area contributed by atoms with E-state index in [0.29, 0.717) is 22.0 Å². The lowest BCUT2D eigenvalue weighted by molar-refractivity contribution is 0.0981. The molecule has 0 radical (unpaired) electrons. The van der Waals surface area contributed by atoms with Gasteiger partial charge in [-0.05, 0) is 51.5 Å². The highest BCUT2D eigenvalue weighted by Gasteiger charge is 2.44. The average molecular weight is 411 g/mol. The fraction of sp³-hybridized carbons (Fsp3) is 0.318. The highest BCUT2D eigenvalue weighted by atomic mass is 35.5. The Kier molecular flexibility index (Phi) is 4.62. The summed E-state index contributed by atoms with van der Waals surface area (Å²) in [7, 11) is 1.70. The van der Waals surface area contributed by atoms with Gasteiger partial charge < -0.3 is 4.57 Å². The Morgan fingerprint density at radius 2 is 1.76 bits per heavy atom. The number of nitrogens with zero attached hydrogens (tertiary/aromatic N) is 4. The minimum absolute atomic E-state index is 0.0501. The molecular formula is C22H23ClN4O2. The molecule has 0 saturated heterocycles. The normalized spacial score (nSPS) is 16.0. The summed E-state index contributed by atoms with van der Waals surface area (Å²) in [6.07, 6.45) is 1.71. The van der Waals surface area contributed by atoms with Gasteiger partial charge in [0.1, 0.15) is 5.69 Å². The average Bonchev–Trinajstić information content (AvgIpc) is 3.16. The first kappa shape index (κ1) is 19.5. The summed E-state index contributed by atoms with van der Waals surface area (Å²) in [5.41, 5.74) is 4.46. The third-order valence-corrected chi connectivity index (χ3v) is 5.64. The van der Waals surface area contributed by atoms with Crippen molar-refractivity contribution >= 4 is 23.2 Å². The van der Waals surface area contributed by atoms with Gasteiger partial charge >= 0.3 is 0 Å². The fourth-order valence-corrected chi connectivity index (χ4v) is 4.18. The Balaban J connectivity index is 1.99. The molecule has 6 nitrogen and oxygen atoms in total. The van der Waals surface area contributed by atoms with Crippen LogP contribution in [0.5, 0.6) is 0 Å². The SMILES string of the molecule is Cc1nn(C(C)C)c2c1[C@@H](c1ccc(Cl)cc1)N(c1cc(C)c(=O)n(C)c1)C2=O. The maximum atomic E-state index is 13.6.